The molecule has 2 amide bonds. The van der Waals surface area contributed by atoms with Crippen molar-refractivity contribution in [3.05, 3.63) is 29.8 Å². The lowest BCUT2D eigenvalue weighted by molar-refractivity contribution is 0.0372. The summed E-state index contributed by atoms with van der Waals surface area (Å²) in [5.74, 6) is 0.875. The van der Waals surface area contributed by atoms with Gasteiger partial charge in [-0.25, -0.2) is 4.79 Å². The lowest BCUT2D eigenvalue weighted by atomic mass is 10.0. The summed E-state index contributed by atoms with van der Waals surface area (Å²) in [5.41, 5.74) is 1.06. The molecular formula is C18H27N3O3. The largest absolute Gasteiger partial charge is 0.493 e. The minimum atomic E-state index is -0.0944. The van der Waals surface area contributed by atoms with E-state index in [2.05, 4.69) is 15.5 Å². The average molecular weight is 333 g/mol. The van der Waals surface area contributed by atoms with E-state index in [0.717, 1.165) is 63.4 Å². The molecule has 0 unspecified atom stereocenters. The van der Waals surface area contributed by atoms with Crippen molar-refractivity contribution in [3.8, 4) is 5.75 Å². The molecule has 6 heteroatoms. The Hall–Kier alpha value is -1.79. The number of rotatable bonds is 6. The molecule has 3 rings (SSSR count). The van der Waals surface area contributed by atoms with Gasteiger partial charge in [0.05, 0.1) is 25.9 Å². The first kappa shape index (κ1) is 17.0. The van der Waals surface area contributed by atoms with Crippen LogP contribution in [0.2, 0.25) is 0 Å². The second-order valence-electron chi connectivity index (χ2n) is 6.29. The topological polar surface area (TPSA) is 62.8 Å². The number of nitrogens with one attached hydrogen (secondary N) is 2. The predicted octanol–water partition coefficient (Wildman–Crippen LogP) is 1.92. The molecule has 0 radical (unpaired) electrons. The van der Waals surface area contributed by atoms with Crippen LogP contribution in [0.15, 0.2) is 24.3 Å². The monoisotopic (exact) mass is 333 g/mol. The van der Waals surface area contributed by atoms with E-state index in [1.807, 2.05) is 24.3 Å². The van der Waals surface area contributed by atoms with Gasteiger partial charge in [-0.3, -0.25) is 4.90 Å². The molecule has 0 saturated carbocycles. The van der Waals surface area contributed by atoms with Gasteiger partial charge < -0.3 is 20.1 Å². The van der Waals surface area contributed by atoms with Gasteiger partial charge in [-0.05, 0) is 25.5 Å². The van der Waals surface area contributed by atoms with E-state index >= 15 is 0 Å². The van der Waals surface area contributed by atoms with E-state index < -0.39 is 0 Å². The van der Waals surface area contributed by atoms with Crippen molar-refractivity contribution in [3.63, 3.8) is 0 Å². The van der Waals surface area contributed by atoms with Crippen molar-refractivity contribution in [1.29, 1.82) is 0 Å². The summed E-state index contributed by atoms with van der Waals surface area (Å²) < 4.78 is 11.0. The Kier molecular flexibility index (Phi) is 6.32. The average Bonchev–Trinajstić information content (AvgIpc) is 2.63. The van der Waals surface area contributed by atoms with Gasteiger partial charge in [0.25, 0.3) is 0 Å². The first-order valence-electron chi connectivity index (χ1n) is 8.89. The predicted molar refractivity (Wildman–Crippen MR) is 92.3 cm³/mol. The van der Waals surface area contributed by atoms with Gasteiger partial charge in [0, 0.05) is 31.6 Å². The van der Waals surface area contributed by atoms with Crippen LogP contribution in [0.5, 0.6) is 5.75 Å². The second-order valence-corrected chi connectivity index (χ2v) is 6.29. The fourth-order valence-corrected chi connectivity index (χ4v) is 3.19. The summed E-state index contributed by atoms with van der Waals surface area (Å²) in [6.07, 6.45) is 2.90. The highest BCUT2D eigenvalue weighted by molar-refractivity contribution is 5.74. The molecule has 1 fully saturated rings. The molecule has 1 atom stereocenters. The number of hydrogen-bond acceptors (Lipinski definition) is 4. The SMILES string of the molecule is O=C(NCCCCN1CCOCC1)N[C@H]1CCOc2ccccc21. The molecule has 2 N–H and O–H groups in total. The molecule has 1 aromatic carbocycles. The molecule has 0 spiro atoms. The van der Waals surface area contributed by atoms with Crippen LogP contribution in [0.1, 0.15) is 30.9 Å². The van der Waals surface area contributed by atoms with Gasteiger partial charge in [0.15, 0.2) is 0 Å². The molecule has 2 heterocycles. The van der Waals surface area contributed by atoms with Gasteiger partial charge >= 0.3 is 6.03 Å². The molecule has 24 heavy (non-hydrogen) atoms. The number of carbonyl (C=O) groups excluding carboxylic acids is 1. The fraction of sp³-hybridized carbons (Fsp3) is 0.611. The number of amides is 2. The van der Waals surface area contributed by atoms with E-state index in [4.69, 9.17) is 9.47 Å². The Morgan fingerprint density at radius 1 is 1.17 bits per heavy atom. The minimum absolute atomic E-state index is 0.0308. The van der Waals surface area contributed by atoms with Crippen LogP contribution in [0.4, 0.5) is 4.79 Å². The number of hydrogen-bond donors (Lipinski definition) is 2. The van der Waals surface area contributed by atoms with Crippen molar-refractivity contribution >= 4 is 6.03 Å². The quantitative estimate of drug-likeness (QED) is 0.781. The molecular weight excluding hydrogens is 306 g/mol. The Morgan fingerprint density at radius 2 is 2.00 bits per heavy atom. The summed E-state index contributed by atoms with van der Waals surface area (Å²) in [5, 5.41) is 6.02. The standard InChI is InChI=1S/C18H27N3O3/c22-18(19-8-3-4-9-21-10-13-23-14-11-21)20-16-7-12-24-17-6-2-1-5-15(16)17/h1-2,5-6,16H,3-4,7-14H2,(H2,19,20,22)/t16-/m0/s1. The number of para-hydroxylation sites is 1. The summed E-state index contributed by atoms with van der Waals surface area (Å²) in [6.45, 7) is 6.16. The van der Waals surface area contributed by atoms with Gasteiger partial charge in [-0.15, -0.1) is 0 Å². The van der Waals surface area contributed by atoms with E-state index in [1.54, 1.807) is 0 Å². The zero-order chi connectivity index (χ0) is 16.6. The van der Waals surface area contributed by atoms with Crippen molar-refractivity contribution < 1.29 is 14.3 Å². The molecule has 0 bridgehead atoms. The number of ether oxygens (including phenoxy) is 2. The number of carbonyl (C=O) groups is 1. The van der Waals surface area contributed by atoms with Gasteiger partial charge in [-0.2, -0.15) is 0 Å². The highest BCUT2D eigenvalue weighted by atomic mass is 16.5. The Balaban J connectivity index is 1.33. The maximum Gasteiger partial charge on any atom is 0.315 e. The summed E-state index contributed by atoms with van der Waals surface area (Å²) >= 11 is 0. The second kappa shape index (κ2) is 8.89. The zero-order valence-corrected chi connectivity index (χ0v) is 14.1. The third kappa shape index (κ3) is 4.85. The fourth-order valence-electron chi connectivity index (χ4n) is 3.19. The number of benzene rings is 1. The van der Waals surface area contributed by atoms with Crippen LogP contribution in [-0.4, -0.2) is 56.9 Å². The number of nitrogens with zero attached hydrogens (tertiary/aromatic N) is 1. The molecule has 1 aromatic rings. The van der Waals surface area contributed by atoms with Crippen LogP contribution < -0.4 is 15.4 Å². The first-order valence-corrected chi connectivity index (χ1v) is 8.89. The van der Waals surface area contributed by atoms with Gasteiger partial charge in [-0.1, -0.05) is 18.2 Å². The van der Waals surface area contributed by atoms with Gasteiger partial charge in [0.2, 0.25) is 0 Å². The molecule has 0 aromatic heterocycles. The van der Waals surface area contributed by atoms with E-state index in [0.29, 0.717) is 13.2 Å². The van der Waals surface area contributed by atoms with E-state index in [9.17, 15) is 4.79 Å². The normalized spacial score (nSPS) is 20.8. The highest BCUT2D eigenvalue weighted by Gasteiger charge is 2.22. The third-order valence-electron chi connectivity index (χ3n) is 4.55. The Labute approximate surface area is 143 Å². The van der Waals surface area contributed by atoms with E-state index in [1.165, 1.54) is 0 Å². The van der Waals surface area contributed by atoms with Crippen molar-refractivity contribution in [2.45, 2.75) is 25.3 Å². The maximum absolute atomic E-state index is 12.1. The number of unbranched alkanes of at least 4 members (excludes halogenated alkanes) is 1. The van der Waals surface area contributed by atoms with Crippen LogP contribution in [0, 0.1) is 0 Å². The molecule has 1 saturated heterocycles. The molecule has 132 valence electrons. The molecule has 2 aliphatic heterocycles. The molecule has 6 nitrogen and oxygen atoms in total. The van der Waals surface area contributed by atoms with Crippen molar-refractivity contribution in [2.75, 3.05) is 46.0 Å². The lowest BCUT2D eigenvalue weighted by Gasteiger charge is -2.27. The van der Waals surface area contributed by atoms with Crippen LogP contribution in [-0.2, 0) is 4.74 Å². The summed E-state index contributed by atoms with van der Waals surface area (Å²) in [7, 11) is 0. The third-order valence-corrected chi connectivity index (χ3v) is 4.55. The van der Waals surface area contributed by atoms with Crippen LogP contribution in [0.25, 0.3) is 0 Å². The van der Waals surface area contributed by atoms with Crippen LogP contribution >= 0.6 is 0 Å². The molecule has 0 aliphatic carbocycles. The highest BCUT2D eigenvalue weighted by Crippen LogP contribution is 2.31. The summed E-state index contributed by atoms with van der Waals surface area (Å²) in [6, 6.07) is 7.84. The van der Waals surface area contributed by atoms with Gasteiger partial charge in [0.1, 0.15) is 5.75 Å². The molecule has 2 aliphatic rings. The minimum Gasteiger partial charge on any atom is -0.493 e. The van der Waals surface area contributed by atoms with Crippen molar-refractivity contribution in [2.24, 2.45) is 0 Å². The number of urea groups is 1. The van der Waals surface area contributed by atoms with Crippen molar-refractivity contribution in [1.82, 2.24) is 15.5 Å². The first-order chi connectivity index (χ1) is 11.8. The number of morpholine rings is 1. The number of fused-ring (bicyclic) bond motifs is 1. The smallest absolute Gasteiger partial charge is 0.315 e. The van der Waals surface area contributed by atoms with E-state index in [-0.39, 0.29) is 12.1 Å². The Morgan fingerprint density at radius 3 is 2.88 bits per heavy atom. The summed E-state index contributed by atoms with van der Waals surface area (Å²) in [4.78, 5) is 14.5. The maximum atomic E-state index is 12.1. The Bertz CT molecular complexity index is 532. The van der Waals surface area contributed by atoms with Crippen LogP contribution in [0.3, 0.4) is 0 Å². The lowest BCUT2D eigenvalue weighted by Crippen LogP contribution is -2.40. The zero-order valence-electron chi connectivity index (χ0n) is 14.1.